The molecule has 7 N–H and O–H groups in total. The van der Waals surface area contributed by atoms with Crippen molar-refractivity contribution in [3.63, 3.8) is 0 Å². The maximum Gasteiger partial charge on any atom is 1.00 e. The van der Waals surface area contributed by atoms with Gasteiger partial charge in [-0.1, -0.05) is 0 Å². The molecule has 0 aliphatic carbocycles. The van der Waals surface area contributed by atoms with Crippen molar-refractivity contribution in [2.45, 2.75) is 30.5 Å². The van der Waals surface area contributed by atoms with E-state index in [2.05, 4.69) is 0 Å². The minimum atomic E-state index is -2.29. The number of aliphatic hydroxyl groups is 6. The summed E-state index contributed by atoms with van der Waals surface area (Å²) in [6.07, 6.45) is -10.2. The number of aliphatic carboxylic acids is 1. The molecule has 0 bridgehead atoms. The second-order valence-electron chi connectivity index (χ2n) is 3.00. The Morgan fingerprint density at radius 2 is 1.38 bits per heavy atom. The predicted molar refractivity (Wildman–Crippen MR) is 44.8 cm³/mol. The molecule has 8 nitrogen and oxygen atoms in total. The average molecular weight is 265 g/mol. The van der Waals surface area contributed by atoms with E-state index in [1.807, 2.05) is 0 Å². The molecule has 0 heterocycles. The van der Waals surface area contributed by atoms with Crippen molar-refractivity contribution in [1.82, 2.24) is 0 Å². The molecule has 5 atom stereocenters. The third kappa shape index (κ3) is 5.47. The van der Waals surface area contributed by atoms with Crippen LogP contribution in [-0.2, 0) is 4.79 Å². The van der Waals surface area contributed by atoms with Gasteiger partial charge in [0.1, 0.15) is 24.4 Å². The van der Waals surface area contributed by atoms with E-state index in [9.17, 15) is 4.79 Å². The fourth-order valence-corrected chi connectivity index (χ4v) is 0.870. The molecule has 16 heavy (non-hydrogen) atoms. The normalized spacial score (nSPS) is 20.1. The van der Waals surface area contributed by atoms with Gasteiger partial charge in [-0.25, -0.2) is 4.79 Å². The average Bonchev–Trinajstić information content (AvgIpc) is 2.23. The van der Waals surface area contributed by atoms with Gasteiger partial charge in [0.25, 0.3) is 0 Å². The zero-order valence-electron chi connectivity index (χ0n) is 8.63. The molecular weight excluding hydrogens is 251 g/mol. The third-order valence-corrected chi connectivity index (χ3v) is 1.86. The van der Waals surface area contributed by atoms with E-state index in [0.717, 1.165) is 0 Å². The van der Waals surface area contributed by atoms with Gasteiger partial charge in [-0.05, 0) is 0 Å². The monoisotopic (exact) mass is 265 g/mol. The van der Waals surface area contributed by atoms with Gasteiger partial charge in [0.15, 0.2) is 6.10 Å². The van der Waals surface area contributed by atoms with Gasteiger partial charge < -0.3 is 35.7 Å². The Labute approximate surface area is 134 Å². The first kappa shape index (κ1) is 19.2. The molecule has 0 aromatic heterocycles. The first-order chi connectivity index (χ1) is 6.82. The van der Waals surface area contributed by atoms with Crippen molar-refractivity contribution in [1.29, 1.82) is 0 Å². The molecule has 0 fully saturated rings. The molecule has 9 heteroatoms. The predicted octanol–water partition coefficient (Wildman–Crippen LogP) is -7.13. The molecule has 0 aromatic carbocycles. The van der Waals surface area contributed by atoms with Gasteiger partial charge >= 0.3 is 57.4 Å². The SMILES string of the molecule is O=C(O)C(O)C(O)C(O)C(O)C(O)CO.[K+]. The molecular formula is C7H14KO8+. The van der Waals surface area contributed by atoms with Crippen molar-refractivity contribution in [3.05, 3.63) is 0 Å². The molecule has 0 aliphatic rings. The van der Waals surface area contributed by atoms with Crippen LogP contribution in [0.2, 0.25) is 0 Å². The quantitative estimate of drug-likeness (QED) is 0.233. The minimum absolute atomic E-state index is 0. The molecule has 0 aromatic rings. The van der Waals surface area contributed by atoms with Crippen LogP contribution >= 0.6 is 0 Å². The first-order valence-electron chi connectivity index (χ1n) is 4.07. The smallest absolute Gasteiger partial charge is 0.479 e. The van der Waals surface area contributed by atoms with Crippen LogP contribution < -0.4 is 51.4 Å². The second kappa shape index (κ2) is 8.88. The summed E-state index contributed by atoms with van der Waals surface area (Å²) in [5, 5.41) is 61.5. The van der Waals surface area contributed by atoms with Crippen molar-refractivity contribution in [3.8, 4) is 0 Å². The Kier molecular flexibility index (Phi) is 10.7. The number of carbonyl (C=O) groups is 1. The van der Waals surface area contributed by atoms with E-state index in [-0.39, 0.29) is 51.4 Å². The van der Waals surface area contributed by atoms with Crippen LogP contribution in [0, 0.1) is 0 Å². The number of rotatable bonds is 6. The summed E-state index contributed by atoms with van der Waals surface area (Å²) in [5.74, 6) is -1.78. The molecule has 5 unspecified atom stereocenters. The van der Waals surface area contributed by atoms with Crippen molar-refractivity contribution >= 4 is 5.97 Å². The summed E-state index contributed by atoms with van der Waals surface area (Å²) < 4.78 is 0. The maximum absolute atomic E-state index is 10.2. The Balaban J connectivity index is 0. The molecule has 0 aliphatic heterocycles. The van der Waals surface area contributed by atoms with Crippen LogP contribution in [0.5, 0.6) is 0 Å². The van der Waals surface area contributed by atoms with Gasteiger partial charge in [0.05, 0.1) is 6.61 Å². The van der Waals surface area contributed by atoms with E-state index >= 15 is 0 Å². The van der Waals surface area contributed by atoms with Crippen LogP contribution in [0.15, 0.2) is 0 Å². The zero-order chi connectivity index (χ0) is 12.2. The van der Waals surface area contributed by atoms with Crippen LogP contribution in [0.4, 0.5) is 0 Å². The first-order valence-corrected chi connectivity index (χ1v) is 4.07. The number of carboxylic acids is 1. The maximum atomic E-state index is 10.2. The van der Waals surface area contributed by atoms with Crippen LogP contribution in [0.25, 0.3) is 0 Å². The summed E-state index contributed by atoms with van der Waals surface area (Å²) in [6.45, 7) is -0.881. The van der Waals surface area contributed by atoms with E-state index in [0.29, 0.717) is 0 Å². The van der Waals surface area contributed by atoms with E-state index in [1.54, 1.807) is 0 Å². The number of hydrogen-bond acceptors (Lipinski definition) is 7. The zero-order valence-corrected chi connectivity index (χ0v) is 11.8. The molecule has 90 valence electrons. The summed E-state index contributed by atoms with van der Waals surface area (Å²) in [5.41, 5.74) is 0. The van der Waals surface area contributed by atoms with E-state index in [1.165, 1.54) is 0 Å². The molecule has 0 saturated carbocycles. The number of carboxylic acid groups (broad SMARTS) is 1. The number of hydrogen-bond donors (Lipinski definition) is 7. The van der Waals surface area contributed by atoms with Gasteiger partial charge in [-0.15, -0.1) is 0 Å². The number of aliphatic hydroxyl groups excluding tert-OH is 6. The molecule has 0 amide bonds. The molecule has 0 rings (SSSR count). The fraction of sp³-hybridized carbons (Fsp3) is 0.857. The topological polar surface area (TPSA) is 159 Å². The van der Waals surface area contributed by atoms with Gasteiger partial charge in [0.2, 0.25) is 0 Å². The van der Waals surface area contributed by atoms with Crippen LogP contribution in [0.1, 0.15) is 0 Å². The molecule has 0 spiro atoms. The minimum Gasteiger partial charge on any atom is -0.479 e. The summed E-state index contributed by atoms with van der Waals surface area (Å²) >= 11 is 0. The van der Waals surface area contributed by atoms with E-state index < -0.39 is 43.1 Å². The Hall–Kier alpha value is 0.866. The largest absolute Gasteiger partial charge is 1.00 e. The summed E-state index contributed by atoms with van der Waals surface area (Å²) in [7, 11) is 0. The Morgan fingerprint density at radius 1 is 0.938 bits per heavy atom. The van der Waals surface area contributed by atoms with Crippen LogP contribution in [0.3, 0.4) is 0 Å². The van der Waals surface area contributed by atoms with Gasteiger partial charge in [-0.3, -0.25) is 0 Å². The van der Waals surface area contributed by atoms with Crippen LogP contribution in [-0.4, -0.2) is 78.8 Å². The Bertz CT molecular complexity index is 213. The molecule has 0 radical (unpaired) electrons. The van der Waals surface area contributed by atoms with E-state index in [4.69, 9.17) is 35.7 Å². The standard InChI is InChI=1S/C7H14O8.K/c8-1-2(9)3(10)4(11)5(12)6(13)7(14)15;/h2-6,8-13H,1H2,(H,14,15);/q;+1. The summed E-state index contributed by atoms with van der Waals surface area (Å²) in [4.78, 5) is 10.2. The van der Waals surface area contributed by atoms with Gasteiger partial charge in [0, 0.05) is 0 Å². The molecule has 0 saturated heterocycles. The van der Waals surface area contributed by atoms with Crippen molar-refractivity contribution in [2.24, 2.45) is 0 Å². The van der Waals surface area contributed by atoms with Crippen molar-refractivity contribution in [2.75, 3.05) is 6.61 Å². The van der Waals surface area contributed by atoms with Gasteiger partial charge in [-0.2, -0.15) is 0 Å². The second-order valence-corrected chi connectivity index (χ2v) is 3.00. The third-order valence-electron chi connectivity index (χ3n) is 1.86. The summed E-state index contributed by atoms with van der Waals surface area (Å²) in [6, 6.07) is 0. The van der Waals surface area contributed by atoms with Crippen molar-refractivity contribution < 1.29 is 91.9 Å². The Morgan fingerprint density at radius 3 is 1.69 bits per heavy atom. The fourth-order valence-electron chi connectivity index (χ4n) is 0.870.